The van der Waals surface area contributed by atoms with E-state index in [1.165, 1.54) is 6.07 Å². The Morgan fingerprint density at radius 2 is 1.74 bits per heavy atom. The van der Waals surface area contributed by atoms with Crippen molar-refractivity contribution in [2.24, 2.45) is 0 Å². The van der Waals surface area contributed by atoms with Crippen LogP contribution in [0, 0.1) is 11.6 Å². The first kappa shape index (κ1) is 18.6. The molecule has 5 nitrogen and oxygen atoms in total. The van der Waals surface area contributed by atoms with E-state index >= 15 is 0 Å². The summed E-state index contributed by atoms with van der Waals surface area (Å²) in [5.41, 5.74) is 2.55. The van der Waals surface area contributed by atoms with Gasteiger partial charge in [-0.25, -0.2) is 8.78 Å². The summed E-state index contributed by atoms with van der Waals surface area (Å²) in [6.07, 6.45) is 1.91. The van der Waals surface area contributed by atoms with E-state index in [9.17, 15) is 13.6 Å². The second-order valence-electron chi connectivity index (χ2n) is 6.43. The lowest BCUT2D eigenvalue weighted by atomic mass is 10.1. The van der Waals surface area contributed by atoms with E-state index in [1.54, 1.807) is 16.9 Å². The molecular formula is C20H20F2N4O. The number of carbonyl (C=O) groups is 1. The van der Waals surface area contributed by atoms with Crippen LogP contribution in [0.15, 0.2) is 54.7 Å². The fourth-order valence-electron chi connectivity index (χ4n) is 2.63. The van der Waals surface area contributed by atoms with Crippen molar-refractivity contribution in [2.45, 2.75) is 13.0 Å². The van der Waals surface area contributed by atoms with Crippen LogP contribution >= 0.6 is 0 Å². The molecule has 3 aromatic rings. The van der Waals surface area contributed by atoms with Gasteiger partial charge < -0.3 is 10.2 Å². The lowest BCUT2D eigenvalue weighted by Gasteiger charge is -2.12. The second-order valence-corrected chi connectivity index (χ2v) is 6.43. The minimum absolute atomic E-state index is 0.175. The normalized spacial score (nSPS) is 10.7. The standard InChI is InChI=1S/C20H20F2N4O/c1-25(2)16-6-3-14(4-7-16)12-20(27)23-19-9-10-26(24-19)13-15-5-8-17(21)18(22)11-15/h3-11H,12-13H2,1-2H3,(H,23,24,27). The Labute approximate surface area is 156 Å². The largest absolute Gasteiger partial charge is 0.378 e. The van der Waals surface area contributed by atoms with Crippen LogP contribution in [0.5, 0.6) is 0 Å². The molecule has 0 aliphatic rings. The number of anilines is 2. The van der Waals surface area contributed by atoms with Crippen molar-refractivity contribution < 1.29 is 13.6 Å². The Balaban J connectivity index is 1.58. The molecule has 27 heavy (non-hydrogen) atoms. The number of nitrogens with zero attached hydrogens (tertiary/aromatic N) is 3. The van der Waals surface area contributed by atoms with Gasteiger partial charge in [0.15, 0.2) is 17.5 Å². The predicted octanol–water partition coefficient (Wildman–Crippen LogP) is 3.46. The fourth-order valence-corrected chi connectivity index (χ4v) is 2.63. The first-order valence-corrected chi connectivity index (χ1v) is 8.44. The van der Waals surface area contributed by atoms with E-state index in [0.29, 0.717) is 11.4 Å². The molecule has 0 spiro atoms. The van der Waals surface area contributed by atoms with E-state index in [2.05, 4.69) is 10.4 Å². The van der Waals surface area contributed by atoms with Gasteiger partial charge in [-0.15, -0.1) is 0 Å². The van der Waals surface area contributed by atoms with Crippen molar-refractivity contribution in [1.29, 1.82) is 0 Å². The summed E-state index contributed by atoms with van der Waals surface area (Å²) < 4.78 is 27.8. The molecule has 3 rings (SSSR count). The molecule has 0 fully saturated rings. The van der Waals surface area contributed by atoms with Crippen molar-refractivity contribution in [3.63, 3.8) is 0 Å². The highest BCUT2D eigenvalue weighted by molar-refractivity contribution is 5.91. The third kappa shape index (κ3) is 4.91. The van der Waals surface area contributed by atoms with Crippen molar-refractivity contribution in [3.8, 4) is 0 Å². The van der Waals surface area contributed by atoms with Crippen LogP contribution in [0.2, 0.25) is 0 Å². The molecule has 1 amide bonds. The van der Waals surface area contributed by atoms with Gasteiger partial charge in [-0.05, 0) is 35.4 Å². The summed E-state index contributed by atoms with van der Waals surface area (Å²) in [7, 11) is 3.91. The maximum absolute atomic E-state index is 13.3. The highest BCUT2D eigenvalue weighted by Gasteiger charge is 2.08. The number of rotatable bonds is 6. The topological polar surface area (TPSA) is 50.2 Å². The van der Waals surface area contributed by atoms with E-state index < -0.39 is 11.6 Å². The molecule has 1 heterocycles. The van der Waals surface area contributed by atoms with Crippen LogP contribution in [0.1, 0.15) is 11.1 Å². The molecule has 140 valence electrons. The minimum atomic E-state index is -0.895. The lowest BCUT2D eigenvalue weighted by molar-refractivity contribution is -0.115. The summed E-state index contributed by atoms with van der Waals surface area (Å²) in [6.45, 7) is 0.277. The van der Waals surface area contributed by atoms with Gasteiger partial charge in [-0.2, -0.15) is 5.10 Å². The van der Waals surface area contributed by atoms with E-state index in [1.807, 2.05) is 43.3 Å². The number of hydrogen-bond acceptors (Lipinski definition) is 3. The van der Waals surface area contributed by atoms with Crippen molar-refractivity contribution in [1.82, 2.24) is 9.78 Å². The van der Waals surface area contributed by atoms with Crippen molar-refractivity contribution in [3.05, 3.63) is 77.5 Å². The average Bonchev–Trinajstić information content (AvgIpc) is 3.05. The van der Waals surface area contributed by atoms with E-state index in [4.69, 9.17) is 0 Å². The van der Waals surface area contributed by atoms with Gasteiger partial charge in [-0.1, -0.05) is 18.2 Å². The third-order valence-electron chi connectivity index (χ3n) is 4.05. The van der Waals surface area contributed by atoms with Crippen LogP contribution in [0.25, 0.3) is 0 Å². The second kappa shape index (κ2) is 7.99. The van der Waals surface area contributed by atoms with Crippen molar-refractivity contribution >= 4 is 17.4 Å². The van der Waals surface area contributed by atoms with Crippen LogP contribution in [0.4, 0.5) is 20.3 Å². The van der Waals surface area contributed by atoms with E-state index in [0.717, 1.165) is 23.4 Å². The number of benzene rings is 2. The van der Waals surface area contributed by atoms with Gasteiger partial charge in [-0.3, -0.25) is 9.48 Å². The van der Waals surface area contributed by atoms with Gasteiger partial charge >= 0.3 is 0 Å². The molecule has 0 atom stereocenters. The Morgan fingerprint density at radius 1 is 1.04 bits per heavy atom. The molecule has 0 aliphatic heterocycles. The average molecular weight is 370 g/mol. The highest BCUT2D eigenvalue weighted by Crippen LogP contribution is 2.14. The zero-order valence-corrected chi connectivity index (χ0v) is 15.1. The van der Waals surface area contributed by atoms with Gasteiger partial charge in [0, 0.05) is 32.0 Å². The number of carbonyl (C=O) groups excluding carboxylic acids is 1. The molecule has 1 aromatic heterocycles. The summed E-state index contributed by atoms with van der Waals surface area (Å²) >= 11 is 0. The van der Waals surface area contributed by atoms with Crippen molar-refractivity contribution in [2.75, 3.05) is 24.3 Å². The van der Waals surface area contributed by atoms with Crippen LogP contribution in [-0.4, -0.2) is 29.8 Å². The van der Waals surface area contributed by atoms with Gasteiger partial charge in [0.25, 0.3) is 0 Å². The molecular weight excluding hydrogens is 350 g/mol. The molecule has 1 N–H and O–H groups in total. The Bertz CT molecular complexity index is 935. The monoisotopic (exact) mass is 370 g/mol. The Kier molecular flexibility index (Phi) is 5.49. The molecule has 0 saturated heterocycles. The zero-order valence-electron chi connectivity index (χ0n) is 15.1. The number of hydrogen-bond donors (Lipinski definition) is 1. The Morgan fingerprint density at radius 3 is 2.41 bits per heavy atom. The van der Waals surface area contributed by atoms with Gasteiger partial charge in [0.2, 0.25) is 5.91 Å². The number of halogens is 2. The summed E-state index contributed by atoms with van der Waals surface area (Å²) in [4.78, 5) is 14.2. The van der Waals surface area contributed by atoms with Crippen LogP contribution in [-0.2, 0) is 17.8 Å². The highest BCUT2D eigenvalue weighted by atomic mass is 19.2. The zero-order chi connectivity index (χ0) is 19.4. The number of nitrogens with one attached hydrogen (secondary N) is 1. The minimum Gasteiger partial charge on any atom is -0.378 e. The first-order chi connectivity index (χ1) is 12.9. The van der Waals surface area contributed by atoms with Gasteiger partial charge in [0.1, 0.15) is 0 Å². The van der Waals surface area contributed by atoms with E-state index in [-0.39, 0.29) is 18.9 Å². The Hall–Kier alpha value is -3.22. The summed E-state index contributed by atoms with van der Waals surface area (Å²) in [5, 5.41) is 6.98. The maximum Gasteiger partial charge on any atom is 0.229 e. The molecule has 7 heteroatoms. The molecule has 0 bridgehead atoms. The number of aromatic nitrogens is 2. The molecule has 2 aromatic carbocycles. The predicted molar refractivity (Wildman–Crippen MR) is 101 cm³/mol. The lowest BCUT2D eigenvalue weighted by Crippen LogP contribution is -2.15. The molecule has 0 aliphatic carbocycles. The quantitative estimate of drug-likeness (QED) is 0.723. The fraction of sp³-hybridized carbons (Fsp3) is 0.200. The third-order valence-corrected chi connectivity index (χ3v) is 4.05. The summed E-state index contributed by atoms with van der Waals surface area (Å²) in [6, 6.07) is 13.1. The molecule has 0 saturated carbocycles. The smallest absolute Gasteiger partial charge is 0.229 e. The van der Waals surface area contributed by atoms with Crippen LogP contribution in [0.3, 0.4) is 0 Å². The SMILES string of the molecule is CN(C)c1ccc(CC(=O)Nc2ccn(Cc3ccc(F)c(F)c3)n2)cc1. The van der Waals surface area contributed by atoms with Crippen LogP contribution < -0.4 is 10.2 Å². The number of amides is 1. The molecule has 0 unspecified atom stereocenters. The maximum atomic E-state index is 13.3. The summed E-state index contributed by atoms with van der Waals surface area (Å²) in [5.74, 6) is -1.54. The molecule has 0 radical (unpaired) electrons. The van der Waals surface area contributed by atoms with Gasteiger partial charge in [0.05, 0.1) is 13.0 Å². The first-order valence-electron chi connectivity index (χ1n) is 8.44.